The molecule has 1 fully saturated rings. The Labute approximate surface area is 110 Å². The van der Waals surface area contributed by atoms with Gasteiger partial charge in [-0.2, -0.15) is 0 Å². The molecule has 0 unspecified atom stereocenters. The summed E-state index contributed by atoms with van der Waals surface area (Å²) in [6.45, 7) is 2.55. The Kier molecular flexibility index (Phi) is 4.05. The van der Waals surface area contributed by atoms with Crippen LogP contribution in [0.25, 0.3) is 0 Å². The molecule has 0 spiro atoms. The van der Waals surface area contributed by atoms with Crippen molar-refractivity contribution in [2.45, 2.75) is 25.9 Å². The number of para-hydroxylation sites is 1. The van der Waals surface area contributed by atoms with Crippen molar-refractivity contribution in [1.82, 2.24) is 5.32 Å². The number of carbonyl (C=O) groups excluding carboxylic acids is 1. The van der Waals surface area contributed by atoms with E-state index in [1.807, 2.05) is 24.3 Å². The molecule has 0 radical (unpaired) electrons. The van der Waals surface area contributed by atoms with E-state index < -0.39 is 6.10 Å². The van der Waals surface area contributed by atoms with Crippen LogP contribution in [0, 0.1) is 5.92 Å². The minimum atomic E-state index is -0.465. The van der Waals surface area contributed by atoms with Crippen LogP contribution in [0.5, 0.6) is 5.75 Å². The maximum Gasteiger partial charge on any atom is 0.260 e. The van der Waals surface area contributed by atoms with Gasteiger partial charge in [-0.15, -0.1) is 0 Å². The van der Waals surface area contributed by atoms with Crippen molar-refractivity contribution in [2.24, 2.45) is 5.92 Å². The summed E-state index contributed by atoms with van der Waals surface area (Å²) in [5, 5.41) is 2.90. The molecule has 92 valence electrons. The molecule has 4 heteroatoms. The highest BCUT2D eigenvalue weighted by atomic mass is 79.9. The second-order valence-electron chi connectivity index (χ2n) is 4.38. The summed E-state index contributed by atoms with van der Waals surface area (Å²) in [5.41, 5.74) is 0. The standard InChI is InChI=1S/C13H16BrNO2/c1-9(13(16)15-8-10-6-7-10)17-12-5-3-2-4-11(12)14/h2-5,9-10H,6-8H2,1H3,(H,15,16)/t9-/m0/s1. The highest BCUT2D eigenvalue weighted by Gasteiger charge is 2.23. The zero-order valence-corrected chi connectivity index (χ0v) is 11.4. The zero-order valence-electron chi connectivity index (χ0n) is 9.78. The van der Waals surface area contributed by atoms with E-state index in [-0.39, 0.29) is 5.91 Å². The fraction of sp³-hybridized carbons (Fsp3) is 0.462. The Morgan fingerprint density at radius 3 is 2.88 bits per heavy atom. The molecule has 0 aliphatic heterocycles. The van der Waals surface area contributed by atoms with E-state index in [2.05, 4.69) is 21.2 Å². The maximum atomic E-state index is 11.7. The van der Waals surface area contributed by atoms with Crippen molar-refractivity contribution < 1.29 is 9.53 Å². The highest BCUT2D eigenvalue weighted by Crippen LogP contribution is 2.28. The lowest BCUT2D eigenvalue weighted by Crippen LogP contribution is -2.37. The zero-order chi connectivity index (χ0) is 12.3. The summed E-state index contributed by atoms with van der Waals surface area (Å²) >= 11 is 3.39. The minimum absolute atomic E-state index is 0.0485. The molecule has 0 aromatic heterocycles. The molecule has 1 aromatic rings. The highest BCUT2D eigenvalue weighted by molar-refractivity contribution is 9.10. The Bertz CT molecular complexity index is 404. The quantitative estimate of drug-likeness (QED) is 0.907. The van der Waals surface area contributed by atoms with Crippen molar-refractivity contribution in [1.29, 1.82) is 0 Å². The van der Waals surface area contributed by atoms with Gasteiger partial charge in [-0.05, 0) is 53.7 Å². The third kappa shape index (κ3) is 3.73. The number of amides is 1. The topological polar surface area (TPSA) is 38.3 Å². The van der Waals surface area contributed by atoms with Crippen molar-refractivity contribution in [2.75, 3.05) is 6.54 Å². The number of halogens is 1. The third-order valence-electron chi connectivity index (χ3n) is 2.77. The molecule has 1 aromatic carbocycles. The third-order valence-corrected chi connectivity index (χ3v) is 3.43. The largest absolute Gasteiger partial charge is 0.480 e. The Hall–Kier alpha value is -1.03. The lowest BCUT2D eigenvalue weighted by molar-refractivity contribution is -0.127. The van der Waals surface area contributed by atoms with Gasteiger partial charge in [0.25, 0.3) is 5.91 Å². The number of nitrogens with one attached hydrogen (secondary N) is 1. The molecule has 1 aliphatic carbocycles. The van der Waals surface area contributed by atoms with E-state index in [0.717, 1.165) is 11.0 Å². The van der Waals surface area contributed by atoms with Gasteiger partial charge in [0.2, 0.25) is 0 Å². The number of benzene rings is 1. The van der Waals surface area contributed by atoms with E-state index in [9.17, 15) is 4.79 Å². The fourth-order valence-electron chi connectivity index (χ4n) is 1.49. The first-order valence-corrected chi connectivity index (χ1v) is 6.65. The van der Waals surface area contributed by atoms with Crippen molar-refractivity contribution in [3.63, 3.8) is 0 Å². The summed E-state index contributed by atoms with van der Waals surface area (Å²) < 4.78 is 6.46. The molecular weight excluding hydrogens is 282 g/mol. The second-order valence-corrected chi connectivity index (χ2v) is 5.23. The first kappa shape index (κ1) is 12.4. The minimum Gasteiger partial charge on any atom is -0.480 e. The predicted molar refractivity (Wildman–Crippen MR) is 70.0 cm³/mol. The Morgan fingerprint density at radius 2 is 2.24 bits per heavy atom. The van der Waals surface area contributed by atoms with Gasteiger partial charge in [0.1, 0.15) is 5.75 Å². The molecule has 1 saturated carbocycles. The van der Waals surface area contributed by atoms with Crippen molar-refractivity contribution in [3.05, 3.63) is 28.7 Å². The number of carbonyl (C=O) groups is 1. The fourth-order valence-corrected chi connectivity index (χ4v) is 1.87. The smallest absolute Gasteiger partial charge is 0.260 e. The van der Waals surface area contributed by atoms with Gasteiger partial charge in [0.15, 0.2) is 6.10 Å². The van der Waals surface area contributed by atoms with E-state index >= 15 is 0 Å². The lowest BCUT2D eigenvalue weighted by Gasteiger charge is -2.15. The molecule has 1 aliphatic rings. The number of hydrogen-bond donors (Lipinski definition) is 1. The van der Waals surface area contributed by atoms with Crippen LogP contribution in [-0.4, -0.2) is 18.6 Å². The first-order chi connectivity index (χ1) is 8.16. The summed E-state index contributed by atoms with van der Waals surface area (Å²) in [6, 6.07) is 7.53. The van der Waals surface area contributed by atoms with Crippen molar-refractivity contribution >= 4 is 21.8 Å². The van der Waals surface area contributed by atoms with Crippen LogP contribution in [0.3, 0.4) is 0 Å². The number of ether oxygens (including phenoxy) is 1. The van der Waals surface area contributed by atoms with Gasteiger partial charge >= 0.3 is 0 Å². The van der Waals surface area contributed by atoms with Gasteiger partial charge in [0, 0.05) is 6.54 Å². The first-order valence-electron chi connectivity index (χ1n) is 5.85. The molecule has 0 saturated heterocycles. The summed E-state index contributed by atoms with van der Waals surface area (Å²) in [5.74, 6) is 1.34. The van der Waals surface area contributed by atoms with E-state index in [4.69, 9.17) is 4.74 Å². The monoisotopic (exact) mass is 297 g/mol. The van der Waals surface area contributed by atoms with Crippen LogP contribution >= 0.6 is 15.9 Å². The molecule has 0 bridgehead atoms. The van der Waals surface area contributed by atoms with E-state index in [0.29, 0.717) is 11.7 Å². The van der Waals surface area contributed by atoms with E-state index in [1.165, 1.54) is 12.8 Å². The SMILES string of the molecule is C[C@H](Oc1ccccc1Br)C(=O)NCC1CC1. The van der Waals surface area contributed by atoms with Gasteiger partial charge in [0.05, 0.1) is 4.47 Å². The van der Waals surface area contributed by atoms with Crippen LogP contribution in [0.1, 0.15) is 19.8 Å². The molecule has 1 N–H and O–H groups in total. The molecule has 3 nitrogen and oxygen atoms in total. The Balaban J connectivity index is 1.84. The Morgan fingerprint density at radius 1 is 1.53 bits per heavy atom. The van der Waals surface area contributed by atoms with E-state index in [1.54, 1.807) is 6.92 Å². The van der Waals surface area contributed by atoms with Crippen LogP contribution in [0.4, 0.5) is 0 Å². The predicted octanol–water partition coefficient (Wildman–Crippen LogP) is 2.74. The van der Waals surface area contributed by atoms with Crippen LogP contribution in [0.2, 0.25) is 0 Å². The summed E-state index contributed by atoms with van der Waals surface area (Å²) in [7, 11) is 0. The molecule has 1 atom stereocenters. The summed E-state index contributed by atoms with van der Waals surface area (Å²) in [6.07, 6.45) is 2.01. The van der Waals surface area contributed by atoms with Crippen LogP contribution < -0.4 is 10.1 Å². The van der Waals surface area contributed by atoms with Crippen LogP contribution in [-0.2, 0) is 4.79 Å². The lowest BCUT2D eigenvalue weighted by atomic mass is 10.3. The number of hydrogen-bond acceptors (Lipinski definition) is 2. The molecule has 17 heavy (non-hydrogen) atoms. The molecular formula is C13H16BrNO2. The molecule has 2 rings (SSSR count). The summed E-state index contributed by atoms with van der Waals surface area (Å²) in [4.78, 5) is 11.7. The van der Waals surface area contributed by atoms with Gasteiger partial charge in [-0.25, -0.2) is 0 Å². The molecule has 0 heterocycles. The average Bonchev–Trinajstić information content (AvgIpc) is 3.13. The van der Waals surface area contributed by atoms with Gasteiger partial charge < -0.3 is 10.1 Å². The normalized spacial score (nSPS) is 16.4. The van der Waals surface area contributed by atoms with Crippen LogP contribution in [0.15, 0.2) is 28.7 Å². The van der Waals surface area contributed by atoms with Gasteiger partial charge in [-0.1, -0.05) is 12.1 Å². The van der Waals surface area contributed by atoms with Crippen molar-refractivity contribution in [3.8, 4) is 5.75 Å². The number of rotatable bonds is 5. The maximum absolute atomic E-state index is 11.7. The van der Waals surface area contributed by atoms with Gasteiger partial charge in [-0.3, -0.25) is 4.79 Å². The molecule has 1 amide bonds. The average molecular weight is 298 g/mol. The second kappa shape index (κ2) is 5.54.